The minimum Gasteiger partial charge on any atom is -0.378 e. The molecule has 0 bridgehead atoms. The van der Waals surface area contributed by atoms with Gasteiger partial charge in [0.2, 0.25) is 5.91 Å². The van der Waals surface area contributed by atoms with Gasteiger partial charge in [-0.25, -0.2) is 8.42 Å². The highest BCUT2D eigenvalue weighted by Gasteiger charge is 2.26. The lowest BCUT2D eigenvalue weighted by atomic mass is 10.0. The van der Waals surface area contributed by atoms with Gasteiger partial charge in [-0.15, -0.1) is 0 Å². The van der Waals surface area contributed by atoms with E-state index in [1.807, 2.05) is 0 Å². The summed E-state index contributed by atoms with van der Waals surface area (Å²) in [5, 5.41) is 3.21. The normalized spacial score (nSPS) is 22.4. The largest absolute Gasteiger partial charge is 0.378 e. The molecule has 2 fully saturated rings. The molecule has 0 aromatic heterocycles. The Kier molecular flexibility index (Phi) is 5.18. The van der Waals surface area contributed by atoms with Crippen LogP contribution in [0.3, 0.4) is 0 Å². The molecule has 0 radical (unpaired) electrons. The van der Waals surface area contributed by atoms with Crippen molar-refractivity contribution in [3.8, 4) is 0 Å². The summed E-state index contributed by atoms with van der Waals surface area (Å²) in [5.74, 6) is -0.289. The van der Waals surface area contributed by atoms with E-state index in [4.69, 9.17) is 4.74 Å². The highest BCUT2D eigenvalue weighted by atomic mass is 32.2. The summed E-state index contributed by atoms with van der Waals surface area (Å²) in [4.78, 5) is 13.5. The van der Waals surface area contributed by atoms with Gasteiger partial charge in [-0.2, -0.15) is 0 Å². The maximum absolute atomic E-state index is 12.1. The van der Waals surface area contributed by atoms with Crippen LogP contribution in [0.25, 0.3) is 0 Å². The Bertz CT molecular complexity index is 398. The summed E-state index contributed by atoms with van der Waals surface area (Å²) in [7, 11) is -3.29. The summed E-state index contributed by atoms with van der Waals surface area (Å²) in [5.41, 5.74) is 0. The standard InChI is InChI=1S/C12H22N2O4S/c15-12(14-5-7-18-8-6-14)10-19(16,17)9-11-1-3-13-4-2-11/h11,13H,1-10H2. The summed E-state index contributed by atoms with van der Waals surface area (Å²) in [6, 6.07) is 0. The lowest BCUT2D eigenvalue weighted by molar-refractivity contribution is -0.132. The average molecular weight is 290 g/mol. The minimum atomic E-state index is -3.29. The second kappa shape index (κ2) is 6.67. The predicted octanol–water partition coefficient (Wildman–Crippen LogP) is -0.740. The number of hydrogen-bond acceptors (Lipinski definition) is 5. The van der Waals surface area contributed by atoms with E-state index in [9.17, 15) is 13.2 Å². The third kappa shape index (κ3) is 4.74. The molecule has 2 rings (SSSR count). The van der Waals surface area contributed by atoms with Crippen molar-refractivity contribution in [2.45, 2.75) is 12.8 Å². The number of nitrogens with zero attached hydrogens (tertiary/aromatic N) is 1. The molecule has 0 aromatic rings. The predicted molar refractivity (Wildman–Crippen MR) is 71.6 cm³/mol. The Morgan fingerprint density at radius 1 is 1.21 bits per heavy atom. The van der Waals surface area contributed by atoms with Gasteiger partial charge in [-0.05, 0) is 31.8 Å². The molecular weight excluding hydrogens is 268 g/mol. The number of rotatable bonds is 4. The topological polar surface area (TPSA) is 75.7 Å². The number of piperidine rings is 1. The summed E-state index contributed by atoms with van der Waals surface area (Å²) in [6.45, 7) is 3.75. The van der Waals surface area contributed by atoms with Crippen molar-refractivity contribution in [2.24, 2.45) is 5.92 Å². The number of amides is 1. The van der Waals surface area contributed by atoms with Gasteiger partial charge in [0.1, 0.15) is 5.75 Å². The SMILES string of the molecule is O=C(CS(=O)(=O)CC1CCNCC1)N1CCOCC1. The van der Waals surface area contributed by atoms with Crippen LogP contribution in [0.1, 0.15) is 12.8 Å². The van der Waals surface area contributed by atoms with Crippen molar-refractivity contribution >= 4 is 15.7 Å². The van der Waals surface area contributed by atoms with Gasteiger partial charge in [0.25, 0.3) is 0 Å². The number of hydrogen-bond donors (Lipinski definition) is 1. The molecule has 2 heterocycles. The van der Waals surface area contributed by atoms with E-state index in [-0.39, 0.29) is 23.3 Å². The minimum absolute atomic E-state index is 0.144. The molecule has 19 heavy (non-hydrogen) atoms. The molecule has 0 aromatic carbocycles. The Labute approximate surface area is 114 Å². The number of carbonyl (C=O) groups is 1. The average Bonchev–Trinajstić information content (AvgIpc) is 2.39. The van der Waals surface area contributed by atoms with Crippen LogP contribution in [0, 0.1) is 5.92 Å². The zero-order valence-electron chi connectivity index (χ0n) is 11.1. The van der Waals surface area contributed by atoms with Crippen LogP contribution >= 0.6 is 0 Å². The van der Waals surface area contributed by atoms with E-state index in [0.29, 0.717) is 26.3 Å². The van der Waals surface area contributed by atoms with Crippen LogP contribution in [-0.2, 0) is 19.4 Å². The van der Waals surface area contributed by atoms with E-state index in [1.165, 1.54) is 0 Å². The number of ether oxygens (including phenoxy) is 1. The fourth-order valence-corrected chi connectivity index (χ4v) is 4.29. The van der Waals surface area contributed by atoms with E-state index < -0.39 is 9.84 Å². The van der Waals surface area contributed by atoms with Crippen molar-refractivity contribution in [1.82, 2.24) is 10.2 Å². The fraction of sp³-hybridized carbons (Fsp3) is 0.917. The van der Waals surface area contributed by atoms with E-state index >= 15 is 0 Å². The number of nitrogens with one attached hydrogen (secondary N) is 1. The molecule has 1 amide bonds. The summed E-state index contributed by atoms with van der Waals surface area (Å²) in [6.07, 6.45) is 1.76. The van der Waals surface area contributed by atoms with Crippen LogP contribution in [0.5, 0.6) is 0 Å². The lowest BCUT2D eigenvalue weighted by Gasteiger charge is -2.27. The fourth-order valence-electron chi connectivity index (χ4n) is 2.56. The third-order valence-corrected chi connectivity index (χ3v) is 5.32. The Morgan fingerprint density at radius 2 is 1.84 bits per heavy atom. The van der Waals surface area contributed by atoms with Crippen LogP contribution in [-0.4, -0.2) is 70.1 Å². The third-order valence-electron chi connectivity index (χ3n) is 3.66. The van der Waals surface area contributed by atoms with Crippen molar-refractivity contribution in [3.63, 3.8) is 0 Å². The van der Waals surface area contributed by atoms with Gasteiger partial charge in [0.05, 0.1) is 19.0 Å². The van der Waals surface area contributed by atoms with Gasteiger partial charge in [0.15, 0.2) is 9.84 Å². The van der Waals surface area contributed by atoms with Crippen LogP contribution < -0.4 is 5.32 Å². The zero-order valence-corrected chi connectivity index (χ0v) is 12.0. The maximum atomic E-state index is 12.1. The molecule has 7 heteroatoms. The molecule has 6 nitrogen and oxygen atoms in total. The second-order valence-electron chi connectivity index (χ2n) is 5.24. The van der Waals surface area contributed by atoms with Crippen molar-refractivity contribution in [2.75, 3.05) is 50.9 Å². The van der Waals surface area contributed by atoms with Gasteiger partial charge < -0.3 is 15.0 Å². The van der Waals surface area contributed by atoms with E-state index in [1.54, 1.807) is 4.90 Å². The van der Waals surface area contributed by atoms with Gasteiger partial charge in [-0.1, -0.05) is 0 Å². The number of sulfone groups is 1. The lowest BCUT2D eigenvalue weighted by Crippen LogP contribution is -2.44. The Balaban J connectivity index is 1.83. The first-order valence-electron chi connectivity index (χ1n) is 6.83. The smallest absolute Gasteiger partial charge is 0.237 e. The molecule has 2 aliphatic heterocycles. The monoisotopic (exact) mass is 290 g/mol. The first-order valence-corrected chi connectivity index (χ1v) is 8.65. The molecule has 1 N–H and O–H groups in total. The molecule has 0 saturated carbocycles. The zero-order chi connectivity index (χ0) is 13.7. The highest BCUT2D eigenvalue weighted by molar-refractivity contribution is 7.92. The van der Waals surface area contributed by atoms with Gasteiger partial charge in [-0.3, -0.25) is 4.79 Å². The van der Waals surface area contributed by atoms with Crippen LogP contribution in [0.2, 0.25) is 0 Å². The molecular formula is C12H22N2O4S. The first kappa shape index (κ1) is 14.7. The molecule has 0 spiro atoms. The van der Waals surface area contributed by atoms with E-state index in [0.717, 1.165) is 25.9 Å². The molecule has 0 unspecified atom stereocenters. The molecule has 0 aliphatic carbocycles. The van der Waals surface area contributed by atoms with Crippen molar-refractivity contribution < 1.29 is 17.9 Å². The first-order chi connectivity index (χ1) is 9.07. The van der Waals surface area contributed by atoms with Gasteiger partial charge in [0, 0.05) is 13.1 Å². The summed E-state index contributed by atoms with van der Waals surface area (Å²) >= 11 is 0. The van der Waals surface area contributed by atoms with Crippen molar-refractivity contribution in [1.29, 1.82) is 0 Å². The second-order valence-corrected chi connectivity index (χ2v) is 7.35. The Morgan fingerprint density at radius 3 is 2.47 bits per heavy atom. The molecule has 110 valence electrons. The van der Waals surface area contributed by atoms with Gasteiger partial charge >= 0.3 is 0 Å². The maximum Gasteiger partial charge on any atom is 0.237 e. The quantitative estimate of drug-likeness (QED) is 0.738. The number of morpholine rings is 1. The Hall–Kier alpha value is -0.660. The van der Waals surface area contributed by atoms with Crippen LogP contribution in [0.4, 0.5) is 0 Å². The molecule has 2 saturated heterocycles. The van der Waals surface area contributed by atoms with E-state index in [2.05, 4.69) is 5.32 Å². The molecule has 2 aliphatic rings. The van der Waals surface area contributed by atoms with Crippen molar-refractivity contribution in [3.05, 3.63) is 0 Å². The summed E-state index contributed by atoms with van der Waals surface area (Å²) < 4.78 is 29.3. The van der Waals surface area contributed by atoms with Crippen LogP contribution in [0.15, 0.2) is 0 Å². The highest BCUT2D eigenvalue weighted by Crippen LogP contribution is 2.15. The number of carbonyl (C=O) groups excluding carboxylic acids is 1. The molecule has 0 atom stereocenters.